The van der Waals surface area contributed by atoms with E-state index in [1.165, 1.54) is 0 Å². The summed E-state index contributed by atoms with van der Waals surface area (Å²) in [7, 11) is -2.99. The lowest BCUT2D eigenvalue weighted by Crippen LogP contribution is -2.47. The van der Waals surface area contributed by atoms with Crippen LogP contribution in [0.1, 0.15) is 20.3 Å². The Morgan fingerprint density at radius 1 is 1.41 bits per heavy atom. The van der Waals surface area contributed by atoms with E-state index in [2.05, 4.69) is 21.2 Å². The molecule has 1 heterocycles. The second kappa shape index (κ2) is 7.00. The average molecular weight is 389 g/mol. The first-order chi connectivity index (χ1) is 10.3. The quantitative estimate of drug-likeness (QED) is 0.839. The van der Waals surface area contributed by atoms with Crippen molar-refractivity contribution < 1.29 is 13.2 Å². The molecule has 0 spiro atoms. The van der Waals surface area contributed by atoms with Crippen molar-refractivity contribution in [2.75, 3.05) is 23.4 Å². The van der Waals surface area contributed by atoms with Crippen LogP contribution in [0, 0.1) is 0 Å². The van der Waals surface area contributed by atoms with Gasteiger partial charge in [0.1, 0.15) is 6.04 Å². The van der Waals surface area contributed by atoms with Gasteiger partial charge in [-0.15, -0.1) is 0 Å². The van der Waals surface area contributed by atoms with Gasteiger partial charge in [0.2, 0.25) is 5.91 Å². The van der Waals surface area contributed by atoms with Gasteiger partial charge in [-0.05, 0) is 44.5 Å². The molecule has 0 saturated carbocycles. The number of sulfone groups is 1. The van der Waals surface area contributed by atoms with Crippen LogP contribution in [0.25, 0.3) is 0 Å². The van der Waals surface area contributed by atoms with E-state index in [0.29, 0.717) is 13.0 Å². The zero-order valence-corrected chi connectivity index (χ0v) is 15.2. The Hall–Kier alpha value is -1.08. The number of likely N-dealkylation sites (N-methyl/N-ethyl adjacent to an activating group) is 1. The Bertz CT molecular complexity index is 631. The maximum Gasteiger partial charge on any atom is 0.245 e. The van der Waals surface area contributed by atoms with Gasteiger partial charge in [-0.25, -0.2) is 8.42 Å². The molecule has 1 aromatic carbocycles. The number of nitrogens with zero attached hydrogens (tertiary/aromatic N) is 1. The van der Waals surface area contributed by atoms with Gasteiger partial charge in [0.15, 0.2) is 9.84 Å². The summed E-state index contributed by atoms with van der Waals surface area (Å²) >= 11 is 3.37. The second-order valence-electron chi connectivity index (χ2n) is 5.55. The molecule has 122 valence electrons. The van der Waals surface area contributed by atoms with Crippen molar-refractivity contribution >= 4 is 37.4 Å². The maximum atomic E-state index is 12.6. The van der Waals surface area contributed by atoms with E-state index < -0.39 is 15.9 Å². The van der Waals surface area contributed by atoms with Crippen molar-refractivity contribution in [2.24, 2.45) is 0 Å². The first-order valence-electron chi connectivity index (χ1n) is 7.35. The lowest BCUT2D eigenvalue weighted by Gasteiger charge is -2.30. The average Bonchev–Trinajstić information content (AvgIpc) is 2.82. The fourth-order valence-electron chi connectivity index (χ4n) is 2.72. The second-order valence-corrected chi connectivity index (χ2v) is 8.70. The molecule has 1 fully saturated rings. The molecule has 1 N–H and O–H groups in total. The SMILES string of the molecule is CCN(C(=O)C(C)Nc1ccc(Br)cc1)C1CCS(=O)(=O)C1. The van der Waals surface area contributed by atoms with Crippen molar-refractivity contribution in [3.8, 4) is 0 Å². The number of rotatable bonds is 5. The van der Waals surface area contributed by atoms with Gasteiger partial charge in [0.25, 0.3) is 0 Å². The summed E-state index contributed by atoms with van der Waals surface area (Å²) in [5.74, 6) is 0.195. The largest absolute Gasteiger partial charge is 0.374 e. The zero-order valence-electron chi connectivity index (χ0n) is 12.8. The van der Waals surface area contributed by atoms with Gasteiger partial charge in [-0.3, -0.25) is 4.79 Å². The highest BCUT2D eigenvalue weighted by Gasteiger charge is 2.35. The van der Waals surface area contributed by atoms with Crippen molar-refractivity contribution in [3.63, 3.8) is 0 Å². The Morgan fingerprint density at radius 2 is 2.05 bits per heavy atom. The summed E-state index contributed by atoms with van der Waals surface area (Å²) in [5, 5.41) is 3.17. The molecule has 2 atom stereocenters. The molecule has 0 aromatic heterocycles. The predicted molar refractivity (Wildman–Crippen MR) is 91.7 cm³/mol. The molecule has 1 amide bonds. The molecular formula is C15H21BrN2O3S. The molecule has 1 aromatic rings. The summed E-state index contributed by atoms with van der Waals surface area (Å²) in [4.78, 5) is 14.3. The van der Waals surface area contributed by atoms with Crippen molar-refractivity contribution in [2.45, 2.75) is 32.4 Å². The fraction of sp³-hybridized carbons (Fsp3) is 0.533. The highest BCUT2D eigenvalue weighted by molar-refractivity contribution is 9.10. The first kappa shape index (κ1) is 17.3. The number of carbonyl (C=O) groups is 1. The van der Waals surface area contributed by atoms with Gasteiger partial charge in [0.05, 0.1) is 11.5 Å². The summed E-state index contributed by atoms with van der Waals surface area (Å²) in [6.07, 6.45) is 0.535. The third-order valence-electron chi connectivity index (χ3n) is 3.87. The van der Waals surface area contributed by atoms with E-state index in [1.54, 1.807) is 11.8 Å². The monoisotopic (exact) mass is 388 g/mol. The van der Waals surface area contributed by atoms with E-state index in [0.717, 1.165) is 10.2 Å². The van der Waals surface area contributed by atoms with Crippen LogP contribution in [0.5, 0.6) is 0 Å². The number of benzene rings is 1. The number of anilines is 1. The molecule has 1 aliphatic rings. The molecule has 2 rings (SSSR count). The highest BCUT2D eigenvalue weighted by atomic mass is 79.9. The lowest BCUT2D eigenvalue weighted by molar-refractivity contribution is -0.133. The number of nitrogens with one attached hydrogen (secondary N) is 1. The van der Waals surface area contributed by atoms with Crippen LogP contribution in [0.3, 0.4) is 0 Å². The third-order valence-corrected chi connectivity index (χ3v) is 6.15. The Labute approximate surface area is 140 Å². The number of carbonyl (C=O) groups excluding carboxylic acids is 1. The zero-order chi connectivity index (χ0) is 16.3. The number of hydrogen-bond donors (Lipinski definition) is 1. The van der Waals surface area contributed by atoms with Crippen LogP contribution in [0.4, 0.5) is 5.69 Å². The Kier molecular flexibility index (Phi) is 5.50. The standard InChI is InChI=1S/C15H21BrN2O3S/c1-3-18(14-8-9-22(20,21)10-14)15(19)11(2)17-13-6-4-12(16)5-7-13/h4-7,11,14,17H,3,8-10H2,1-2H3. The number of hydrogen-bond acceptors (Lipinski definition) is 4. The van der Waals surface area contributed by atoms with E-state index >= 15 is 0 Å². The number of halogens is 1. The first-order valence-corrected chi connectivity index (χ1v) is 9.97. The molecule has 0 aliphatic carbocycles. The van der Waals surface area contributed by atoms with Crippen LogP contribution in [-0.2, 0) is 14.6 Å². The number of amides is 1. The summed E-state index contributed by atoms with van der Waals surface area (Å²) in [6, 6.07) is 7.00. The molecule has 7 heteroatoms. The van der Waals surface area contributed by atoms with E-state index in [1.807, 2.05) is 31.2 Å². The van der Waals surface area contributed by atoms with Crippen molar-refractivity contribution in [1.29, 1.82) is 0 Å². The highest BCUT2D eigenvalue weighted by Crippen LogP contribution is 2.20. The Balaban J connectivity index is 2.03. The summed E-state index contributed by atoms with van der Waals surface area (Å²) < 4.78 is 24.2. The molecule has 5 nitrogen and oxygen atoms in total. The molecule has 2 unspecified atom stereocenters. The molecule has 0 bridgehead atoms. The smallest absolute Gasteiger partial charge is 0.245 e. The Morgan fingerprint density at radius 3 is 2.55 bits per heavy atom. The molecule has 1 aliphatic heterocycles. The minimum absolute atomic E-state index is 0.0625. The van der Waals surface area contributed by atoms with Gasteiger partial charge >= 0.3 is 0 Å². The molecule has 22 heavy (non-hydrogen) atoms. The maximum absolute atomic E-state index is 12.6. The predicted octanol–water partition coefficient (Wildman–Crippen LogP) is 2.29. The van der Waals surface area contributed by atoms with E-state index in [9.17, 15) is 13.2 Å². The van der Waals surface area contributed by atoms with Crippen LogP contribution < -0.4 is 5.32 Å². The summed E-state index contributed by atoms with van der Waals surface area (Å²) in [5.41, 5.74) is 0.860. The van der Waals surface area contributed by atoms with Gasteiger partial charge in [-0.2, -0.15) is 0 Å². The van der Waals surface area contributed by atoms with Gasteiger partial charge < -0.3 is 10.2 Å². The van der Waals surface area contributed by atoms with E-state index in [-0.39, 0.29) is 23.5 Å². The molecular weight excluding hydrogens is 368 g/mol. The van der Waals surface area contributed by atoms with Gasteiger partial charge in [-0.1, -0.05) is 15.9 Å². The van der Waals surface area contributed by atoms with Crippen LogP contribution >= 0.6 is 15.9 Å². The van der Waals surface area contributed by atoms with Crippen molar-refractivity contribution in [1.82, 2.24) is 4.90 Å². The normalized spacial score (nSPS) is 21.3. The van der Waals surface area contributed by atoms with Crippen molar-refractivity contribution in [3.05, 3.63) is 28.7 Å². The third kappa shape index (κ3) is 4.23. The van der Waals surface area contributed by atoms with Crippen LogP contribution in [-0.4, -0.2) is 49.4 Å². The molecule has 1 saturated heterocycles. The van der Waals surface area contributed by atoms with Gasteiger partial charge in [0, 0.05) is 22.7 Å². The lowest BCUT2D eigenvalue weighted by atomic mass is 10.1. The molecule has 0 radical (unpaired) electrons. The van der Waals surface area contributed by atoms with Crippen LogP contribution in [0.15, 0.2) is 28.7 Å². The van der Waals surface area contributed by atoms with Crippen LogP contribution in [0.2, 0.25) is 0 Å². The van der Waals surface area contributed by atoms with E-state index in [4.69, 9.17) is 0 Å². The fourth-order valence-corrected chi connectivity index (χ4v) is 4.72. The minimum Gasteiger partial charge on any atom is -0.374 e. The topological polar surface area (TPSA) is 66.5 Å². The minimum atomic E-state index is -2.99. The summed E-state index contributed by atoms with van der Waals surface area (Å²) in [6.45, 7) is 4.21.